The maximum Gasteiger partial charge on any atom is 0.193 e. The number of nitrogens with zero attached hydrogens (tertiary/aromatic N) is 3. The molecule has 1 aromatic rings. The zero-order valence-corrected chi connectivity index (χ0v) is 11.7. The molecule has 0 atom stereocenters. The van der Waals surface area contributed by atoms with E-state index in [4.69, 9.17) is 0 Å². The van der Waals surface area contributed by atoms with Gasteiger partial charge in [-0.25, -0.2) is 0 Å². The van der Waals surface area contributed by atoms with Gasteiger partial charge in [0.15, 0.2) is 5.96 Å². The average molecular weight is 264 g/mol. The fourth-order valence-electron chi connectivity index (χ4n) is 2.55. The largest absolute Gasteiger partial charge is 0.355 e. The smallest absolute Gasteiger partial charge is 0.193 e. The summed E-state index contributed by atoms with van der Waals surface area (Å²) in [5.74, 6) is 1.06. The molecular weight excluding hydrogens is 244 g/mol. The molecule has 2 aliphatic heterocycles. The first-order valence-electron chi connectivity index (χ1n) is 6.60. The fourth-order valence-corrected chi connectivity index (χ4v) is 3.44. The van der Waals surface area contributed by atoms with Gasteiger partial charge in [0.25, 0.3) is 0 Å². The molecule has 0 bridgehead atoms. The van der Waals surface area contributed by atoms with E-state index in [1.807, 2.05) is 11.3 Å². The van der Waals surface area contributed by atoms with Gasteiger partial charge in [0.2, 0.25) is 0 Å². The second kappa shape index (κ2) is 5.28. The predicted molar refractivity (Wildman–Crippen MR) is 76.2 cm³/mol. The highest BCUT2D eigenvalue weighted by Crippen LogP contribution is 2.23. The maximum absolute atomic E-state index is 4.44. The lowest BCUT2D eigenvalue weighted by atomic mass is 10.1. The Kier molecular flexibility index (Phi) is 3.52. The molecule has 0 unspecified atom stereocenters. The molecule has 1 N–H and O–H groups in total. The number of likely N-dealkylation sites (N-methyl/N-ethyl adjacent to an activating group) is 1. The third-order valence-corrected chi connectivity index (χ3v) is 4.68. The summed E-state index contributed by atoms with van der Waals surface area (Å²) < 4.78 is 0. The van der Waals surface area contributed by atoms with E-state index >= 15 is 0 Å². The first-order valence-corrected chi connectivity index (χ1v) is 7.48. The zero-order chi connectivity index (χ0) is 12.4. The van der Waals surface area contributed by atoms with E-state index in [9.17, 15) is 0 Å². The lowest BCUT2D eigenvalue weighted by molar-refractivity contribution is 0.259. The molecule has 5 heteroatoms. The summed E-state index contributed by atoms with van der Waals surface area (Å²) in [7, 11) is 2.09. The van der Waals surface area contributed by atoms with Gasteiger partial charge < -0.3 is 10.2 Å². The third kappa shape index (κ3) is 2.52. The highest BCUT2D eigenvalue weighted by molar-refractivity contribution is 7.10. The molecule has 0 saturated carbocycles. The molecular formula is C13H20N4S. The van der Waals surface area contributed by atoms with Crippen LogP contribution in [0.3, 0.4) is 0 Å². The minimum Gasteiger partial charge on any atom is -0.355 e. The van der Waals surface area contributed by atoms with E-state index in [0.717, 1.165) is 38.7 Å². The summed E-state index contributed by atoms with van der Waals surface area (Å²) >= 11 is 1.90. The number of hydrogen-bond donors (Lipinski definition) is 1. The van der Waals surface area contributed by atoms with Crippen molar-refractivity contribution in [2.75, 3.05) is 39.8 Å². The van der Waals surface area contributed by atoms with Crippen LogP contribution in [0.5, 0.6) is 0 Å². The molecule has 0 radical (unpaired) electrons. The van der Waals surface area contributed by atoms with Crippen molar-refractivity contribution in [1.82, 2.24) is 15.1 Å². The molecule has 2 aliphatic rings. The summed E-state index contributed by atoms with van der Waals surface area (Å²) in [6, 6.07) is 2.27. The summed E-state index contributed by atoms with van der Waals surface area (Å²) in [4.78, 5) is 10.7. The molecule has 3 rings (SSSR count). The van der Waals surface area contributed by atoms with E-state index < -0.39 is 0 Å². The van der Waals surface area contributed by atoms with Gasteiger partial charge in [-0.2, -0.15) is 0 Å². The van der Waals surface area contributed by atoms with Crippen molar-refractivity contribution >= 4 is 17.3 Å². The second-order valence-corrected chi connectivity index (χ2v) is 5.95. The Bertz CT molecular complexity index is 440. The van der Waals surface area contributed by atoms with Crippen LogP contribution in [0.2, 0.25) is 0 Å². The molecule has 0 aliphatic carbocycles. The fraction of sp³-hybridized carbons (Fsp3) is 0.615. The first-order chi connectivity index (χ1) is 8.83. The van der Waals surface area contributed by atoms with Crippen molar-refractivity contribution in [2.24, 2.45) is 4.99 Å². The molecule has 18 heavy (non-hydrogen) atoms. The summed E-state index contributed by atoms with van der Waals surface area (Å²) in [6.45, 7) is 6.37. The SMILES string of the molecule is CN1CCN=C1NCCN1CCc2sccc2C1. The summed E-state index contributed by atoms with van der Waals surface area (Å²) in [5, 5.41) is 5.65. The number of nitrogens with one attached hydrogen (secondary N) is 1. The second-order valence-electron chi connectivity index (χ2n) is 4.95. The van der Waals surface area contributed by atoms with Crippen molar-refractivity contribution in [2.45, 2.75) is 13.0 Å². The van der Waals surface area contributed by atoms with Crippen LogP contribution in [0.25, 0.3) is 0 Å². The molecule has 1 aromatic heterocycles. The van der Waals surface area contributed by atoms with Crippen LogP contribution in [0.1, 0.15) is 10.4 Å². The predicted octanol–water partition coefficient (Wildman–Crippen LogP) is 0.997. The van der Waals surface area contributed by atoms with E-state index in [0.29, 0.717) is 0 Å². The molecule has 3 heterocycles. The van der Waals surface area contributed by atoms with Gasteiger partial charge in [-0.05, 0) is 23.4 Å². The number of guanidine groups is 1. The van der Waals surface area contributed by atoms with E-state index in [1.54, 1.807) is 4.88 Å². The molecule has 0 fully saturated rings. The van der Waals surface area contributed by atoms with E-state index in [-0.39, 0.29) is 0 Å². The maximum atomic E-state index is 4.44. The standard InChI is InChI=1S/C13H20N4S/c1-16-7-4-14-13(16)15-5-8-17-6-2-12-11(10-17)3-9-18-12/h3,9H,2,4-8,10H2,1H3,(H,14,15). The Labute approximate surface area is 112 Å². The van der Waals surface area contributed by atoms with Crippen LogP contribution in [-0.2, 0) is 13.0 Å². The average Bonchev–Trinajstić information content (AvgIpc) is 2.98. The highest BCUT2D eigenvalue weighted by atomic mass is 32.1. The normalized spacial score (nSPS) is 19.8. The Morgan fingerprint density at radius 3 is 3.22 bits per heavy atom. The number of hydrogen-bond acceptors (Lipinski definition) is 5. The highest BCUT2D eigenvalue weighted by Gasteiger charge is 2.17. The van der Waals surface area contributed by atoms with Crippen LogP contribution in [-0.4, -0.2) is 55.5 Å². The van der Waals surface area contributed by atoms with Gasteiger partial charge in [0.05, 0.1) is 6.54 Å². The molecule has 0 amide bonds. The van der Waals surface area contributed by atoms with Crippen molar-refractivity contribution < 1.29 is 0 Å². The van der Waals surface area contributed by atoms with Gasteiger partial charge in [-0.1, -0.05) is 0 Å². The molecule has 4 nitrogen and oxygen atoms in total. The Morgan fingerprint density at radius 2 is 2.39 bits per heavy atom. The van der Waals surface area contributed by atoms with Gasteiger partial charge in [-0.3, -0.25) is 9.89 Å². The minimum absolute atomic E-state index is 0.931. The van der Waals surface area contributed by atoms with Gasteiger partial charge in [0.1, 0.15) is 0 Å². The van der Waals surface area contributed by atoms with Crippen LogP contribution < -0.4 is 5.32 Å². The quantitative estimate of drug-likeness (QED) is 0.883. The van der Waals surface area contributed by atoms with E-state index in [2.05, 4.69) is 38.6 Å². The minimum atomic E-state index is 0.931. The molecule has 0 aromatic carbocycles. The van der Waals surface area contributed by atoms with Crippen molar-refractivity contribution in [3.05, 3.63) is 21.9 Å². The zero-order valence-electron chi connectivity index (χ0n) is 10.9. The van der Waals surface area contributed by atoms with Crippen LogP contribution in [0.4, 0.5) is 0 Å². The summed E-state index contributed by atoms with van der Waals surface area (Å²) in [6.07, 6.45) is 1.22. The van der Waals surface area contributed by atoms with Crippen molar-refractivity contribution in [1.29, 1.82) is 0 Å². The van der Waals surface area contributed by atoms with Crippen LogP contribution in [0, 0.1) is 0 Å². The Hall–Kier alpha value is -1.07. The van der Waals surface area contributed by atoms with Gasteiger partial charge in [-0.15, -0.1) is 11.3 Å². The first kappa shape index (κ1) is 12.0. The number of thiophene rings is 1. The van der Waals surface area contributed by atoms with E-state index in [1.165, 1.54) is 18.5 Å². The van der Waals surface area contributed by atoms with Crippen molar-refractivity contribution in [3.63, 3.8) is 0 Å². The number of fused-ring (bicyclic) bond motifs is 1. The lowest BCUT2D eigenvalue weighted by Gasteiger charge is -2.27. The molecule has 98 valence electrons. The Morgan fingerprint density at radius 1 is 1.44 bits per heavy atom. The molecule has 0 spiro atoms. The van der Waals surface area contributed by atoms with Gasteiger partial charge in [0, 0.05) is 44.6 Å². The summed E-state index contributed by atoms with van der Waals surface area (Å²) in [5.41, 5.74) is 1.53. The third-order valence-electron chi connectivity index (χ3n) is 3.66. The topological polar surface area (TPSA) is 30.9 Å². The van der Waals surface area contributed by atoms with Gasteiger partial charge >= 0.3 is 0 Å². The Balaban J connectivity index is 1.45. The number of rotatable bonds is 3. The van der Waals surface area contributed by atoms with Crippen LogP contribution >= 0.6 is 11.3 Å². The monoisotopic (exact) mass is 264 g/mol. The molecule has 0 saturated heterocycles. The number of aliphatic imine (C=N–C) groups is 1. The van der Waals surface area contributed by atoms with Crippen LogP contribution in [0.15, 0.2) is 16.4 Å². The lowest BCUT2D eigenvalue weighted by Crippen LogP contribution is -2.41. The van der Waals surface area contributed by atoms with Crippen molar-refractivity contribution in [3.8, 4) is 0 Å².